The molecule has 6 heteroatoms. The van der Waals surface area contributed by atoms with Gasteiger partial charge in [-0.1, -0.05) is 42.8 Å². The Morgan fingerprint density at radius 2 is 1.88 bits per heavy atom. The lowest BCUT2D eigenvalue weighted by Crippen LogP contribution is -2.40. The molecule has 1 aromatic heterocycles. The minimum absolute atomic E-state index is 0.200. The number of ether oxygens (including phenoxy) is 1. The number of nitrogens with one attached hydrogen (secondary N) is 1. The molecule has 0 spiro atoms. The van der Waals surface area contributed by atoms with E-state index in [0.717, 1.165) is 30.6 Å². The highest BCUT2D eigenvalue weighted by molar-refractivity contribution is 7.99. The average Bonchev–Trinajstić information content (AvgIpc) is 3.16. The van der Waals surface area contributed by atoms with Crippen LogP contribution in [0.4, 0.5) is 0 Å². The van der Waals surface area contributed by atoms with Crippen LogP contribution >= 0.6 is 11.8 Å². The molecule has 0 bridgehead atoms. The van der Waals surface area contributed by atoms with Gasteiger partial charge in [0.2, 0.25) is 0 Å². The van der Waals surface area contributed by atoms with Gasteiger partial charge in [-0.05, 0) is 44.0 Å². The Morgan fingerprint density at radius 3 is 2.62 bits per heavy atom. The van der Waals surface area contributed by atoms with Crippen LogP contribution in [0, 0.1) is 0 Å². The number of benzene rings is 1. The maximum Gasteiger partial charge on any atom is 0.341 e. The van der Waals surface area contributed by atoms with E-state index in [2.05, 4.69) is 10.3 Å². The second-order valence-electron chi connectivity index (χ2n) is 6.31. The van der Waals surface area contributed by atoms with Crippen molar-refractivity contribution < 1.29 is 14.3 Å². The maximum atomic E-state index is 12.6. The van der Waals surface area contributed by atoms with Crippen molar-refractivity contribution in [2.75, 3.05) is 0 Å². The van der Waals surface area contributed by atoms with E-state index in [1.165, 1.54) is 11.8 Å². The van der Waals surface area contributed by atoms with Crippen molar-refractivity contribution in [1.82, 2.24) is 10.3 Å². The van der Waals surface area contributed by atoms with Crippen molar-refractivity contribution in [3.05, 3.63) is 54.2 Å². The number of carbonyl (C=O) groups excluding carboxylic acids is 2. The molecule has 1 amide bonds. The van der Waals surface area contributed by atoms with E-state index in [-0.39, 0.29) is 11.9 Å². The van der Waals surface area contributed by atoms with Gasteiger partial charge in [-0.25, -0.2) is 9.78 Å². The topological polar surface area (TPSA) is 68.3 Å². The number of hydrogen-bond donors (Lipinski definition) is 1. The number of hydrogen-bond acceptors (Lipinski definition) is 5. The predicted molar refractivity (Wildman–Crippen MR) is 100 cm³/mol. The molecule has 0 radical (unpaired) electrons. The molecule has 5 nitrogen and oxygen atoms in total. The first-order valence-electron chi connectivity index (χ1n) is 8.83. The molecule has 136 valence electrons. The van der Waals surface area contributed by atoms with Crippen LogP contribution in [0.5, 0.6) is 0 Å². The minimum Gasteiger partial charge on any atom is -0.449 e. The van der Waals surface area contributed by atoms with Gasteiger partial charge in [0, 0.05) is 17.1 Å². The number of aromatic nitrogens is 1. The number of esters is 1. The first-order valence-corrected chi connectivity index (χ1v) is 9.64. The highest BCUT2D eigenvalue weighted by Crippen LogP contribution is 2.28. The lowest BCUT2D eigenvalue weighted by Gasteiger charge is -2.17. The zero-order valence-corrected chi connectivity index (χ0v) is 15.5. The van der Waals surface area contributed by atoms with Crippen LogP contribution in [-0.4, -0.2) is 29.0 Å². The average molecular weight is 370 g/mol. The van der Waals surface area contributed by atoms with Gasteiger partial charge < -0.3 is 10.1 Å². The van der Waals surface area contributed by atoms with Gasteiger partial charge in [0.1, 0.15) is 5.03 Å². The third-order valence-electron chi connectivity index (χ3n) is 4.30. The van der Waals surface area contributed by atoms with Crippen molar-refractivity contribution in [3.63, 3.8) is 0 Å². The normalized spacial score (nSPS) is 15.4. The number of nitrogens with zero attached hydrogens (tertiary/aromatic N) is 1. The fourth-order valence-electron chi connectivity index (χ4n) is 2.89. The van der Waals surface area contributed by atoms with Gasteiger partial charge in [0.05, 0.1) is 5.56 Å². The summed E-state index contributed by atoms with van der Waals surface area (Å²) >= 11 is 1.39. The van der Waals surface area contributed by atoms with Gasteiger partial charge in [-0.15, -0.1) is 0 Å². The number of pyridine rings is 1. The Bertz CT molecular complexity index is 761. The summed E-state index contributed by atoms with van der Waals surface area (Å²) in [6, 6.07) is 13.3. The molecule has 1 aliphatic carbocycles. The molecule has 1 N–H and O–H groups in total. The third kappa shape index (κ3) is 4.85. The van der Waals surface area contributed by atoms with Crippen LogP contribution in [-0.2, 0) is 9.53 Å². The Morgan fingerprint density at radius 1 is 1.15 bits per heavy atom. The van der Waals surface area contributed by atoms with Crippen molar-refractivity contribution in [2.24, 2.45) is 0 Å². The SMILES string of the molecule is CC(OC(=O)c1cccnc1Sc1ccccc1)C(=O)NC1CCCC1. The second kappa shape index (κ2) is 8.85. The zero-order chi connectivity index (χ0) is 18.4. The molecule has 1 unspecified atom stereocenters. The number of amides is 1. The van der Waals surface area contributed by atoms with E-state index in [1.807, 2.05) is 30.3 Å². The highest BCUT2D eigenvalue weighted by atomic mass is 32.2. The lowest BCUT2D eigenvalue weighted by atomic mass is 10.2. The molecule has 0 aliphatic heterocycles. The summed E-state index contributed by atoms with van der Waals surface area (Å²) < 4.78 is 5.38. The summed E-state index contributed by atoms with van der Waals surface area (Å²) in [5.41, 5.74) is 0.363. The first kappa shape index (κ1) is 18.5. The van der Waals surface area contributed by atoms with Gasteiger partial charge in [-0.2, -0.15) is 0 Å². The lowest BCUT2D eigenvalue weighted by molar-refractivity contribution is -0.129. The first-order chi connectivity index (χ1) is 12.6. The molecule has 2 aromatic rings. The molecule has 1 atom stereocenters. The fourth-order valence-corrected chi connectivity index (χ4v) is 3.79. The molecule has 26 heavy (non-hydrogen) atoms. The largest absolute Gasteiger partial charge is 0.449 e. The Labute approximate surface area is 157 Å². The van der Waals surface area contributed by atoms with Gasteiger partial charge >= 0.3 is 5.97 Å². The standard InChI is InChI=1S/C20H22N2O3S/c1-14(18(23)22-15-8-5-6-9-15)25-20(24)17-12-7-13-21-19(17)26-16-10-3-2-4-11-16/h2-4,7,10-15H,5-6,8-9H2,1H3,(H,22,23). The summed E-state index contributed by atoms with van der Waals surface area (Å²) in [5, 5.41) is 3.52. The van der Waals surface area contributed by atoms with Crippen molar-refractivity contribution >= 4 is 23.6 Å². The van der Waals surface area contributed by atoms with Crippen molar-refractivity contribution in [1.29, 1.82) is 0 Å². The van der Waals surface area contributed by atoms with Crippen LogP contribution in [0.2, 0.25) is 0 Å². The number of rotatable bonds is 6. The van der Waals surface area contributed by atoms with E-state index in [9.17, 15) is 9.59 Å². The molecular weight excluding hydrogens is 348 g/mol. The summed E-state index contributed by atoms with van der Waals surface area (Å²) in [7, 11) is 0. The second-order valence-corrected chi connectivity index (χ2v) is 7.37. The molecule has 1 saturated carbocycles. The fraction of sp³-hybridized carbons (Fsp3) is 0.350. The number of carbonyl (C=O) groups is 2. The zero-order valence-electron chi connectivity index (χ0n) is 14.7. The smallest absolute Gasteiger partial charge is 0.341 e. The van der Waals surface area contributed by atoms with E-state index in [1.54, 1.807) is 25.3 Å². The Balaban J connectivity index is 1.64. The van der Waals surface area contributed by atoms with Crippen molar-refractivity contribution in [3.8, 4) is 0 Å². The summed E-state index contributed by atoms with van der Waals surface area (Å²) in [6.07, 6.45) is 5.06. The Hall–Kier alpha value is -2.34. The minimum atomic E-state index is -0.835. The summed E-state index contributed by atoms with van der Waals surface area (Å²) in [6.45, 7) is 1.60. The van der Waals surface area contributed by atoms with E-state index in [0.29, 0.717) is 10.6 Å². The molecule has 3 rings (SSSR count). The van der Waals surface area contributed by atoms with Crippen LogP contribution in [0.25, 0.3) is 0 Å². The van der Waals surface area contributed by atoms with E-state index < -0.39 is 12.1 Å². The Kier molecular flexibility index (Phi) is 6.28. The van der Waals surface area contributed by atoms with Crippen LogP contribution in [0.15, 0.2) is 58.6 Å². The van der Waals surface area contributed by atoms with Gasteiger partial charge in [0.15, 0.2) is 6.10 Å². The van der Waals surface area contributed by atoms with Gasteiger partial charge in [-0.3, -0.25) is 4.79 Å². The molecule has 1 aliphatic rings. The third-order valence-corrected chi connectivity index (χ3v) is 5.33. The van der Waals surface area contributed by atoms with Crippen LogP contribution in [0.1, 0.15) is 43.0 Å². The van der Waals surface area contributed by atoms with Crippen molar-refractivity contribution in [2.45, 2.75) is 54.7 Å². The maximum absolute atomic E-state index is 12.6. The molecule has 0 saturated heterocycles. The van der Waals surface area contributed by atoms with Gasteiger partial charge in [0.25, 0.3) is 5.91 Å². The van der Waals surface area contributed by atoms with E-state index >= 15 is 0 Å². The molecular formula is C20H22N2O3S. The molecule has 1 fully saturated rings. The quantitative estimate of drug-likeness (QED) is 0.783. The van der Waals surface area contributed by atoms with Crippen LogP contribution < -0.4 is 5.32 Å². The monoisotopic (exact) mass is 370 g/mol. The molecule has 1 heterocycles. The predicted octanol–water partition coefficient (Wildman–Crippen LogP) is 3.84. The van der Waals surface area contributed by atoms with Crippen LogP contribution in [0.3, 0.4) is 0 Å². The van der Waals surface area contributed by atoms with E-state index in [4.69, 9.17) is 4.74 Å². The molecule has 1 aromatic carbocycles. The highest BCUT2D eigenvalue weighted by Gasteiger charge is 2.24. The summed E-state index contributed by atoms with van der Waals surface area (Å²) in [4.78, 5) is 30.1. The summed E-state index contributed by atoms with van der Waals surface area (Å²) in [5.74, 6) is -0.781.